The molecule has 0 saturated carbocycles. The summed E-state index contributed by atoms with van der Waals surface area (Å²) in [6.07, 6.45) is -4.59. The maximum absolute atomic E-state index is 13.4. The van der Waals surface area contributed by atoms with E-state index in [1.54, 1.807) is 10.6 Å². The minimum absolute atomic E-state index is 0.0758. The van der Waals surface area contributed by atoms with Gasteiger partial charge >= 0.3 is 11.9 Å². The monoisotopic (exact) mass is 455 g/mol. The first-order chi connectivity index (χ1) is 15.8. The van der Waals surface area contributed by atoms with Crippen LogP contribution in [0.1, 0.15) is 27.0 Å². The molecule has 0 bridgehead atoms. The van der Waals surface area contributed by atoms with Crippen molar-refractivity contribution < 1.29 is 22.7 Å². The van der Waals surface area contributed by atoms with Crippen molar-refractivity contribution in [3.05, 3.63) is 99.5 Å². The lowest BCUT2D eigenvalue weighted by molar-refractivity contribution is -0.138. The fourth-order valence-electron chi connectivity index (χ4n) is 3.61. The van der Waals surface area contributed by atoms with E-state index in [1.165, 1.54) is 31.4 Å². The number of rotatable bonds is 6. The molecule has 1 aromatic heterocycles. The Labute approximate surface area is 186 Å². The van der Waals surface area contributed by atoms with Crippen LogP contribution in [0.15, 0.2) is 71.5 Å². The van der Waals surface area contributed by atoms with Crippen LogP contribution in [0, 0.1) is 0 Å². The zero-order valence-electron chi connectivity index (χ0n) is 17.6. The van der Waals surface area contributed by atoms with Gasteiger partial charge in [0.25, 0.3) is 5.91 Å². The molecular weight excluding hydrogens is 435 g/mol. The topological polar surface area (TPSA) is 76.1 Å². The average Bonchev–Trinajstić information content (AvgIpc) is 3.11. The predicted molar refractivity (Wildman–Crippen MR) is 117 cm³/mol. The van der Waals surface area contributed by atoms with Crippen LogP contribution in [-0.2, 0) is 19.3 Å². The minimum Gasteiger partial charge on any atom is -0.497 e. The number of imidazole rings is 1. The van der Waals surface area contributed by atoms with Gasteiger partial charge in [0.2, 0.25) is 0 Å². The number of hydrogen-bond acceptors (Lipinski definition) is 3. The Balaban J connectivity index is 1.54. The molecule has 0 radical (unpaired) electrons. The summed E-state index contributed by atoms with van der Waals surface area (Å²) in [7, 11) is 1.28. The van der Waals surface area contributed by atoms with E-state index in [1.807, 2.05) is 30.3 Å². The second-order valence-corrected chi connectivity index (χ2v) is 7.44. The van der Waals surface area contributed by atoms with Gasteiger partial charge in [-0.2, -0.15) is 13.2 Å². The minimum atomic E-state index is -4.59. The molecule has 1 amide bonds. The van der Waals surface area contributed by atoms with Crippen molar-refractivity contribution in [2.24, 2.45) is 0 Å². The van der Waals surface area contributed by atoms with Gasteiger partial charge in [0.05, 0.1) is 30.3 Å². The summed E-state index contributed by atoms with van der Waals surface area (Å²) in [6, 6.07) is 17.7. The van der Waals surface area contributed by atoms with Crippen molar-refractivity contribution in [2.45, 2.75) is 19.3 Å². The van der Waals surface area contributed by atoms with Gasteiger partial charge in [0, 0.05) is 12.1 Å². The molecule has 0 unspecified atom stereocenters. The molecule has 0 aliphatic heterocycles. The molecule has 0 fully saturated rings. The molecule has 0 aliphatic carbocycles. The maximum Gasteiger partial charge on any atom is 0.416 e. The Morgan fingerprint density at radius 3 is 2.52 bits per heavy atom. The number of ether oxygens (including phenoxy) is 1. The van der Waals surface area contributed by atoms with E-state index < -0.39 is 17.6 Å². The van der Waals surface area contributed by atoms with Gasteiger partial charge in [-0.15, -0.1) is 0 Å². The highest BCUT2D eigenvalue weighted by Crippen LogP contribution is 2.34. The second kappa shape index (κ2) is 8.85. The largest absolute Gasteiger partial charge is 0.497 e. The lowest BCUT2D eigenvalue weighted by atomic mass is 10.1. The first-order valence-corrected chi connectivity index (χ1v) is 10.0. The molecule has 0 atom stereocenters. The maximum atomic E-state index is 13.4. The molecule has 0 aliphatic rings. The summed E-state index contributed by atoms with van der Waals surface area (Å²) in [4.78, 5) is 27.7. The van der Waals surface area contributed by atoms with E-state index >= 15 is 0 Å². The number of nitrogens with one attached hydrogen (secondary N) is 2. The Bertz CT molecular complexity index is 1360. The lowest BCUT2D eigenvalue weighted by Gasteiger charge is -2.15. The van der Waals surface area contributed by atoms with Crippen molar-refractivity contribution in [1.82, 2.24) is 14.9 Å². The van der Waals surface area contributed by atoms with Crippen LogP contribution in [-0.4, -0.2) is 22.6 Å². The number of alkyl halides is 3. The fraction of sp³-hybridized carbons (Fsp3) is 0.167. The first kappa shape index (κ1) is 22.2. The highest BCUT2D eigenvalue weighted by atomic mass is 19.4. The molecule has 3 aromatic carbocycles. The zero-order valence-corrected chi connectivity index (χ0v) is 17.6. The van der Waals surface area contributed by atoms with Crippen LogP contribution in [0.3, 0.4) is 0 Å². The number of aromatic nitrogens is 2. The van der Waals surface area contributed by atoms with Crippen LogP contribution in [0.4, 0.5) is 13.2 Å². The van der Waals surface area contributed by atoms with Crippen molar-refractivity contribution in [2.75, 3.05) is 7.11 Å². The average molecular weight is 455 g/mol. The molecule has 0 spiro atoms. The van der Waals surface area contributed by atoms with Gasteiger partial charge in [0.15, 0.2) is 0 Å². The standard InChI is InChI=1S/C24H20F3N3O3/c1-33-18-9-7-17(19(12-18)24(25,26)27)13-28-22(31)16-8-10-21-20(11-16)29-23(32)30(21)14-15-5-3-2-4-6-15/h2-12H,13-14H2,1H3,(H,28,31)(H,29,32). The molecule has 9 heteroatoms. The number of carbonyl (C=O) groups excluding carboxylic acids is 1. The van der Waals surface area contributed by atoms with E-state index in [2.05, 4.69) is 10.3 Å². The van der Waals surface area contributed by atoms with E-state index in [0.29, 0.717) is 17.6 Å². The van der Waals surface area contributed by atoms with Crippen LogP contribution < -0.4 is 15.7 Å². The number of halogens is 3. The quantitative estimate of drug-likeness (QED) is 0.454. The third-order valence-corrected chi connectivity index (χ3v) is 5.28. The van der Waals surface area contributed by atoms with Crippen LogP contribution in [0.25, 0.3) is 11.0 Å². The van der Waals surface area contributed by atoms with E-state index in [0.717, 1.165) is 11.6 Å². The molecule has 4 rings (SSSR count). The number of fused-ring (bicyclic) bond motifs is 1. The smallest absolute Gasteiger partial charge is 0.416 e. The summed E-state index contributed by atoms with van der Waals surface area (Å²) in [5.74, 6) is -0.482. The van der Waals surface area contributed by atoms with Gasteiger partial charge in [-0.25, -0.2) is 4.79 Å². The molecule has 4 aromatic rings. The van der Waals surface area contributed by atoms with Gasteiger partial charge in [-0.3, -0.25) is 9.36 Å². The van der Waals surface area contributed by atoms with E-state index in [9.17, 15) is 22.8 Å². The summed E-state index contributed by atoms with van der Waals surface area (Å²) in [5, 5.41) is 2.51. The molecule has 33 heavy (non-hydrogen) atoms. The Hall–Kier alpha value is -4.01. The lowest BCUT2D eigenvalue weighted by Crippen LogP contribution is -2.24. The molecule has 0 saturated heterocycles. The number of hydrogen-bond donors (Lipinski definition) is 2. The summed E-state index contributed by atoms with van der Waals surface area (Å²) >= 11 is 0. The van der Waals surface area contributed by atoms with Crippen LogP contribution in [0.2, 0.25) is 0 Å². The molecule has 2 N–H and O–H groups in total. The third-order valence-electron chi connectivity index (χ3n) is 5.28. The van der Waals surface area contributed by atoms with Gasteiger partial charge in [0.1, 0.15) is 5.75 Å². The van der Waals surface area contributed by atoms with E-state index in [-0.39, 0.29) is 29.1 Å². The first-order valence-electron chi connectivity index (χ1n) is 10.0. The Morgan fingerprint density at radius 2 is 1.82 bits per heavy atom. The number of methoxy groups -OCH3 is 1. The van der Waals surface area contributed by atoms with Crippen LogP contribution in [0.5, 0.6) is 5.75 Å². The van der Waals surface area contributed by atoms with Crippen LogP contribution >= 0.6 is 0 Å². The van der Waals surface area contributed by atoms with Crippen molar-refractivity contribution in [1.29, 1.82) is 0 Å². The zero-order chi connectivity index (χ0) is 23.6. The number of carbonyl (C=O) groups is 1. The highest BCUT2D eigenvalue weighted by Gasteiger charge is 2.33. The normalized spacial score (nSPS) is 11.5. The summed E-state index contributed by atoms with van der Waals surface area (Å²) in [6.45, 7) is 0.0458. The van der Waals surface area contributed by atoms with Gasteiger partial charge < -0.3 is 15.0 Å². The van der Waals surface area contributed by atoms with E-state index in [4.69, 9.17) is 4.74 Å². The Morgan fingerprint density at radius 1 is 1.06 bits per heavy atom. The third kappa shape index (κ3) is 4.77. The molecular formula is C24H20F3N3O3. The van der Waals surface area contributed by atoms with Crippen molar-refractivity contribution in [3.8, 4) is 5.75 Å². The highest BCUT2D eigenvalue weighted by molar-refractivity contribution is 5.97. The predicted octanol–water partition coefficient (Wildman–Crippen LogP) is 4.34. The van der Waals surface area contributed by atoms with Crippen molar-refractivity contribution in [3.63, 3.8) is 0 Å². The number of H-pyrrole nitrogens is 1. The molecule has 1 heterocycles. The van der Waals surface area contributed by atoms with Gasteiger partial charge in [-0.05, 0) is 41.5 Å². The molecule has 6 nitrogen and oxygen atoms in total. The number of amides is 1. The SMILES string of the molecule is COc1ccc(CNC(=O)c2ccc3c(c2)[nH]c(=O)n3Cc2ccccc2)c(C(F)(F)F)c1. The molecule has 170 valence electrons. The van der Waals surface area contributed by atoms with Crippen molar-refractivity contribution >= 4 is 16.9 Å². The second-order valence-electron chi connectivity index (χ2n) is 7.44. The summed E-state index contributed by atoms with van der Waals surface area (Å²) < 4.78 is 46.6. The number of benzene rings is 3. The number of nitrogens with zero attached hydrogens (tertiary/aromatic N) is 1. The fourth-order valence-corrected chi connectivity index (χ4v) is 3.61. The Kier molecular flexibility index (Phi) is 5.95. The summed E-state index contributed by atoms with van der Waals surface area (Å²) in [5.41, 5.74) is 0.971. The number of aromatic amines is 1. The van der Waals surface area contributed by atoms with Gasteiger partial charge in [-0.1, -0.05) is 36.4 Å².